The number of aromatic nitrogens is 3. The van der Waals surface area contributed by atoms with Crippen LogP contribution in [0.2, 0.25) is 0 Å². The maximum absolute atomic E-state index is 12.8. The van der Waals surface area contributed by atoms with Gasteiger partial charge in [-0.2, -0.15) is 0 Å². The number of benzene rings is 1. The Morgan fingerprint density at radius 1 is 1.27 bits per heavy atom. The number of carbonyl (C=O) groups is 1. The second-order valence-electron chi connectivity index (χ2n) is 6.70. The smallest absolute Gasteiger partial charge is 0.228 e. The third kappa shape index (κ3) is 2.91. The first-order valence-corrected chi connectivity index (χ1v) is 10.5. The van der Waals surface area contributed by atoms with Gasteiger partial charge in [0.1, 0.15) is 0 Å². The lowest BCUT2D eigenvalue weighted by Crippen LogP contribution is -2.40. The van der Waals surface area contributed by atoms with Crippen molar-refractivity contribution in [2.75, 3.05) is 13.1 Å². The summed E-state index contributed by atoms with van der Waals surface area (Å²) in [5.41, 5.74) is 1.91. The van der Waals surface area contributed by atoms with Gasteiger partial charge in [0, 0.05) is 36.8 Å². The quantitative estimate of drug-likeness (QED) is 0.539. The Labute approximate surface area is 158 Å². The van der Waals surface area contributed by atoms with Crippen LogP contribution in [0.15, 0.2) is 42.0 Å². The third-order valence-electron chi connectivity index (χ3n) is 4.91. The molecule has 0 spiro atoms. The van der Waals surface area contributed by atoms with Gasteiger partial charge in [-0.1, -0.05) is 12.1 Å². The first-order chi connectivity index (χ1) is 12.8. The molecule has 1 saturated heterocycles. The summed E-state index contributed by atoms with van der Waals surface area (Å²) in [6.07, 6.45) is 6.44. The number of hydrogen-bond acceptors (Lipinski definition) is 5. The molecule has 4 aromatic rings. The van der Waals surface area contributed by atoms with Crippen LogP contribution in [0.5, 0.6) is 0 Å². The van der Waals surface area contributed by atoms with Crippen molar-refractivity contribution in [3.05, 3.63) is 52.7 Å². The minimum atomic E-state index is 0.168. The van der Waals surface area contributed by atoms with Gasteiger partial charge in [-0.15, -0.1) is 22.7 Å². The van der Waals surface area contributed by atoms with E-state index in [-0.39, 0.29) is 5.91 Å². The lowest BCUT2D eigenvalue weighted by atomic mass is 9.98. The van der Waals surface area contributed by atoms with E-state index in [1.54, 1.807) is 22.7 Å². The zero-order valence-corrected chi connectivity index (χ0v) is 15.8. The van der Waals surface area contributed by atoms with Gasteiger partial charge in [0.05, 0.1) is 27.3 Å². The Hall–Kier alpha value is -2.25. The van der Waals surface area contributed by atoms with Gasteiger partial charge in [-0.25, -0.2) is 9.97 Å². The van der Waals surface area contributed by atoms with Crippen LogP contribution in [0.4, 0.5) is 0 Å². The monoisotopic (exact) mass is 382 g/mol. The van der Waals surface area contributed by atoms with E-state index in [2.05, 4.69) is 23.2 Å². The lowest BCUT2D eigenvalue weighted by molar-refractivity contribution is -0.131. The van der Waals surface area contributed by atoms with Crippen molar-refractivity contribution in [3.63, 3.8) is 0 Å². The van der Waals surface area contributed by atoms with Crippen molar-refractivity contribution in [1.82, 2.24) is 19.3 Å². The summed E-state index contributed by atoms with van der Waals surface area (Å²) in [6.45, 7) is 1.60. The van der Waals surface area contributed by atoms with Gasteiger partial charge < -0.3 is 4.90 Å². The van der Waals surface area contributed by atoms with E-state index in [0.717, 1.165) is 47.1 Å². The average molecular weight is 383 g/mol. The van der Waals surface area contributed by atoms with E-state index in [9.17, 15) is 4.79 Å². The molecule has 1 aliphatic rings. The number of amides is 1. The second-order valence-corrected chi connectivity index (χ2v) is 8.64. The highest BCUT2D eigenvalue weighted by Crippen LogP contribution is 2.33. The molecule has 7 heteroatoms. The molecule has 132 valence electrons. The van der Waals surface area contributed by atoms with Crippen molar-refractivity contribution in [1.29, 1.82) is 0 Å². The standard InChI is InChI=1S/C19H18N4OS2/c24-17(10-14-12-23-8-9-25-19(23)20-14)22-7-3-4-13(11-22)18-21-15-5-1-2-6-16(15)26-18/h1-2,5-6,8-9,12-13H,3-4,7,10-11H2/t13-/m0/s1. The van der Waals surface area contributed by atoms with E-state index >= 15 is 0 Å². The van der Waals surface area contributed by atoms with Crippen LogP contribution >= 0.6 is 22.7 Å². The normalized spacial score (nSPS) is 18.0. The highest BCUT2D eigenvalue weighted by atomic mass is 32.1. The molecule has 5 nitrogen and oxygen atoms in total. The maximum atomic E-state index is 12.8. The Morgan fingerprint density at radius 3 is 3.08 bits per heavy atom. The van der Waals surface area contributed by atoms with Crippen molar-refractivity contribution in [2.45, 2.75) is 25.2 Å². The van der Waals surface area contributed by atoms with Crippen molar-refractivity contribution in [3.8, 4) is 0 Å². The van der Waals surface area contributed by atoms with E-state index < -0.39 is 0 Å². The molecular formula is C19H18N4OS2. The van der Waals surface area contributed by atoms with Crippen LogP contribution < -0.4 is 0 Å². The molecular weight excluding hydrogens is 364 g/mol. The van der Waals surface area contributed by atoms with E-state index in [1.165, 1.54) is 4.70 Å². The van der Waals surface area contributed by atoms with Gasteiger partial charge >= 0.3 is 0 Å². The zero-order valence-electron chi connectivity index (χ0n) is 14.2. The van der Waals surface area contributed by atoms with Crippen LogP contribution in [0, 0.1) is 0 Å². The molecule has 1 atom stereocenters. The highest BCUT2D eigenvalue weighted by Gasteiger charge is 2.27. The fraction of sp³-hybridized carbons (Fsp3) is 0.316. The zero-order chi connectivity index (χ0) is 17.5. The Kier molecular flexibility index (Phi) is 3.98. The Balaban J connectivity index is 1.31. The number of para-hydroxylation sites is 1. The van der Waals surface area contributed by atoms with Crippen LogP contribution in [0.3, 0.4) is 0 Å². The fourth-order valence-electron chi connectivity index (χ4n) is 3.60. The minimum absolute atomic E-state index is 0.168. The third-order valence-corrected chi connectivity index (χ3v) is 6.88. The van der Waals surface area contributed by atoms with Crippen LogP contribution in [-0.4, -0.2) is 38.3 Å². The molecule has 1 fully saturated rings. The number of thiazole rings is 2. The number of hydrogen-bond donors (Lipinski definition) is 0. The summed E-state index contributed by atoms with van der Waals surface area (Å²) < 4.78 is 3.21. The second kappa shape index (κ2) is 6.48. The summed E-state index contributed by atoms with van der Waals surface area (Å²) >= 11 is 3.35. The number of rotatable bonds is 3. The molecule has 4 heterocycles. The predicted octanol–water partition coefficient (Wildman–Crippen LogP) is 3.95. The van der Waals surface area contributed by atoms with E-state index in [4.69, 9.17) is 4.98 Å². The maximum Gasteiger partial charge on any atom is 0.228 e. The molecule has 0 N–H and O–H groups in total. The number of nitrogens with zero attached hydrogens (tertiary/aromatic N) is 4. The summed E-state index contributed by atoms with van der Waals surface area (Å²) in [7, 11) is 0. The van der Waals surface area contributed by atoms with Gasteiger partial charge in [0.25, 0.3) is 0 Å². The first kappa shape index (κ1) is 16.0. The van der Waals surface area contributed by atoms with Gasteiger partial charge in [0.15, 0.2) is 4.96 Å². The fourth-order valence-corrected chi connectivity index (χ4v) is 5.41. The molecule has 1 aliphatic heterocycles. The van der Waals surface area contributed by atoms with Gasteiger partial charge in [0.2, 0.25) is 5.91 Å². The number of carbonyl (C=O) groups excluding carboxylic acids is 1. The highest BCUT2D eigenvalue weighted by molar-refractivity contribution is 7.18. The Morgan fingerprint density at radius 2 is 2.19 bits per heavy atom. The van der Waals surface area contributed by atoms with Crippen molar-refractivity contribution in [2.24, 2.45) is 0 Å². The minimum Gasteiger partial charge on any atom is -0.342 e. The molecule has 1 amide bonds. The van der Waals surface area contributed by atoms with Gasteiger partial charge in [-0.05, 0) is 25.0 Å². The topological polar surface area (TPSA) is 50.5 Å². The van der Waals surface area contributed by atoms with Crippen molar-refractivity contribution >= 4 is 43.8 Å². The molecule has 1 aromatic carbocycles. The van der Waals surface area contributed by atoms with E-state index in [1.807, 2.05) is 33.1 Å². The number of piperidine rings is 1. The van der Waals surface area contributed by atoms with E-state index in [0.29, 0.717) is 12.3 Å². The number of likely N-dealkylation sites (tertiary alicyclic amines) is 1. The largest absolute Gasteiger partial charge is 0.342 e. The molecule has 0 radical (unpaired) electrons. The summed E-state index contributed by atoms with van der Waals surface area (Å²) in [6, 6.07) is 8.26. The molecule has 5 rings (SSSR count). The SMILES string of the molecule is O=C(Cc1cn2ccsc2n1)N1CCC[C@H](c2nc3ccccc3s2)C1. The molecule has 0 bridgehead atoms. The number of imidazole rings is 1. The molecule has 0 unspecified atom stereocenters. The van der Waals surface area contributed by atoms with Crippen LogP contribution in [0.1, 0.15) is 29.5 Å². The summed E-state index contributed by atoms with van der Waals surface area (Å²) in [5.74, 6) is 0.511. The molecule has 3 aromatic heterocycles. The number of fused-ring (bicyclic) bond motifs is 2. The molecule has 0 saturated carbocycles. The first-order valence-electron chi connectivity index (χ1n) is 8.80. The summed E-state index contributed by atoms with van der Waals surface area (Å²) in [5, 5.41) is 3.16. The molecule has 0 aliphatic carbocycles. The average Bonchev–Trinajstić information content (AvgIpc) is 3.35. The van der Waals surface area contributed by atoms with Crippen LogP contribution in [-0.2, 0) is 11.2 Å². The Bertz CT molecular complexity index is 1020. The predicted molar refractivity (Wildman–Crippen MR) is 105 cm³/mol. The lowest BCUT2D eigenvalue weighted by Gasteiger charge is -2.31. The molecule has 26 heavy (non-hydrogen) atoms. The van der Waals surface area contributed by atoms with Crippen molar-refractivity contribution < 1.29 is 4.79 Å². The summed E-state index contributed by atoms with van der Waals surface area (Å²) in [4.78, 5) is 25.1. The van der Waals surface area contributed by atoms with Crippen LogP contribution in [0.25, 0.3) is 15.2 Å². The van der Waals surface area contributed by atoms with Gasteiger partial charge in [-0.3, -0.25) is 9.20 Å².